The Morgan fingerprint density at radius 2 is 1.78 bits per heavy atom. The molecule has 27 heavy (non-hydrogen) atoms. The topological polar surface area (TPSA) is 61.8 Å². The minimum atomic E-state index is -2.96. The number of halogens is 2. The zero-order valence-corrected chi connectivity index (χ0v) is 14.8. The van der Waals surface area contributed by atoms with E-state index in [0.29, 0.717) is 16.9 Å². The molecule has 0 amide bonds. The van der Waals surface area contributed by atoms with Crippen molar-refractivity contribution >= 4 is 17.8 Å². The summed E-state index contributed by atoms with van der Waals surface area (Å²) >= 11 is 0. The Balaban J connectivity index is 2.06. The van der Waals surface area contributed by atoms with Gasteiger partial charge in [0.05, 0.1) is 6.61 Å². The van der Waals surface area contributed by atoms with Crippen molar-refractivity contribution in [3.8, 4) is 17.2 Å². The highest BCUT2D eigenvalue weighted by Gasteiger charge is 2.11. The van der Waals surface area contributed by atoms with Gasteiger partial charge in [-0.05, 0) is 61.9 Å². The molecular formula is C20H18F2O5. The molecule has 2 rings (SSSR count). The molecule has 0 aliphatic carbocycles. The molecule has 0 saturated heterocycles. The van der Waals surface area contributed by atoms with Crippen LogP contribution in [0.2, 0.25) is 0 Å². The lowest BCUT2D eigenvalue weighted by Gasteiger charge is -2.11. The van der Waals surface area contributed by atoms with Crippen LogP contribution in [0.4, 0.5) is 8.78 Å². The van der Waals surface area contributed by atoms with Crippen molar-refractivity contribution < 1.29 is 32.6 Å². The number of rotatable bonds is 8. The van der Waals surface area contributed by atoms with E-state index in [2.05, 4.69) is 4.74 Å². The van der Waals surface area contributed by atoms with Gasteiger partial charge in [-0.15, -0.1) is 0 Å². The van der Waals surface area contributed by atoms with Gasteiger partial charge in [0.25, 0.3) is 0 Å². The fourth-order valence-electron chi connectivity index (χ4n) is 2.16. The third kappa shape index (κ3) is 6.22. The van der Waals surface area contributed by atoms with Crippen LogP contribution >= 0.6 is 0 Å². The molecule has 0 bridgehead atoms. The van der Waals surface area contributed by atoms with E-state index in [1.807, 2.05) is 0 Å². The Labute approximate surface area is 155 Å². The fraction of sp³-hybridized carbons (Fsp3) is 0.200. The predicted molar refractivity (Wildman–Crippen MR) is 95.4 cm³/mol. The standard InChI is InChI=1S/C20H18F2O5/c1-3-25-18-12-14(4-10-17(18)27-20(21)22)5-11-19(24)26-16-8-6-15(7-9-16)13(2)23/h4-12,20H,3H2,1-2H3/b11-5+. The molecule has 0 saturated carbocycles. The Morgan fingerprint density at radius 3 is 2.37 bits per heavy atom. The number of ether oxygens (including phenoxy) is 3. The first-order valence-electron chi connectivity index (χ1n) is 8.11. The summed E-state index contributed by atoms with van der Waals surface area (Å²) in [5.41, 5.74) is 1.06. The molecular weight excluding hydrogens is 358 g/mol. The largest absolute Gasteiger partial charge is 0.490 e. The molecule has 0 aliphatic rings. The average Bonchev–Trinajstić information content (AvgIpc) is 2.62. The first-order chi connectivity index (χ1) is 12.9. The average molecular weight is 376 g/mol. The summed E-state index contributed by atoms with van der Waals surface area (Å²) in [6.07, 6.45) is 2.65. The normalized spacial score (nSPS) is 10.9. The van der Waals surface area contributed by atoms with Crippen LogP contribution in [-0.2, 0) is 4.79 Å². The third-order valence-corrected chi connectivity index (χ3v) is 3.37. The van der Waals surface area contributed by atoms with Crippen LogP contribution in [0.15, 0.2) is 48.5 Å². The number of esters is 1. The maximum absolute atomic E-state index is 12.4. The molecule has 2 aromatic rings. The first kappa shape index (κ1) is 20.1. The minimum absolute atomic E-state index is 0.0860. The predicted octanol–water partition coefficient (Wildman–Crippen LogP) is 4.51. The SMILES string of the molecule is CCOc1cc(/C=C/C(=O)Oc2ccc(C(C)=O)cc2)ccc1OC(F)F. The quantitative estimate of drug-likeness (QED) is 0.294. The molecule has 0 aromatic heterocycles. The number of hydrogen-bond acceptors (Lipinski definition) is 5. The first-order valence-corrected chi connectivity index (χ1v) is 8.11. The lowest BCUT2D eigenvalue weighted by molar-refractivity contribution is -0.128. The van der Waals surface area contributed by atoms with Gasteiger partial charge in [0, 0.05) is 11.6 Å². The number of Topliss-reactive ketones (excluding diaryl/α,β-unsaturated/α-hetero) is 1. The van der Waals surface area contributed by atoms with E-state index >= 15 is 0 Å². The zero-order chi connectivity index (χ0) is 19.8. The molecule has 0 unspecified atom stereocenters. The molecule has 7 heteroatoms. The Hall–Kier alpha value is -3.22. The molecule has 0 spiro atoms. The summed E-state index contributed by atoms with van der Waals surface area (Å²) in [5.74, 6) is -0.357. The van der Waals surface area contributed by atoms with Crippen molar-refractivity contribution in [1.29, 1.82) is 0 Å². The van der Waals surface area contributed by atoms with Crippen molar-refractivity contribution in [2.45, 2.75) is 20.5 Å². The number of hydrogen-bond donors (Lipinski definition) is 0. The van der Waals surface area contributed by atoms with Gasteiger partial charge in [-0.25, -0.2) is 4.79 Å². The van der Waals surface area contributed by atoms with Crippen LogP contribution in [0.3, 0.4) is 0 Å². The van der Waals surface area contributed by atoms with Crippen molar-refractivity contribution in [3.63, 3.8) is 0 Å². The van der Waals surface area contributed by atoms with Gasteiger partial charge in [0.1, 0.15) is 5.75 Å². The summed E-state index contributed by atoms with van der Waals surface area (Å²) in [6, 6.07) is 10.5. The Bertz CT molecular complexity index is 829. The van der Waals surface area contributed by atoms with Crippen molar-refractivity contribution in [2.24, 2.45) is 0 Å². The highest BCUT2D eigenvalue weighted by molar-refractivity contribution is 5.94. The summed E-state index contributed by atoms with van der Waals surface area (Å²) in [4.78, 5) is 23.1. The Morgan fingerprint density at radius 1 is 1.07 bits per heavy atom. The van der Waals surface area contributed by atoms with E-state index in [1.54, 1.807) is 19.1 Å². The molecule has 0 N–H and O–H groups in total. The number of benzene rings is 2. The lowest BCUT2D eigenvalue weighted by atomic mass is 10.1. The van der Waals surface area contributed by atoms with Gasteiger partial charge in [-0.3, -0.25) is 4.79 Å². The summed E-state index contributed by atoms with van der Waals surface area (Å²) < 4.78 is 39.6. The van der Waals surface area contributed by atoms with Crippen molar-refractivity contribution in [1.82, 2.24) is 0 Å². The summed E-state index contributed by atoms with van der Waals surface area (Å²) in [7, 11) is 0. The highest BCUT2D eigenvalue weighted by Crippen LogP contribution is 2.30. The monoisotopic (exact) mass is 376 g/mol. The molecule has 0 aliphatic heterocycles. The van der Waals surface area contributed by atoms with Crippen LogP contribution < -0.4 is 14.2 Å². The van der Waals surface area contributed by atoms with Crippen LogP contribution in [0, 0.1) is 0 Å². The lowest BCUT2D eigenvalue weighted by Crippen LogP contribution is -2.05. The zero-order valence-electron chi connectivity index (χ0n) is 14.8. The summed E-state index contributed by atoms with van der Waals surface area (Å²) in [5, 5.41) is 0. The molecule has 2 aromatic carbocycles. The molecule has 0 fully saturated rings. The van der Waals surface area contributed by atoms with Crippen LogP contribution in [0.25, 0.3) is 6.08 Å². The van der Waals surface area contributed by atoms with E-state index in [1.165, 1.54) is 49.4 Å². The molecule has 0 heterocycles. The maximum Gasteiger partial charge on any atom is 0.387 e. The molecule has 0 radical (unpaired) electrons. The maximum atomic E-state index is 12.4. The van der Waals surface area contributed by atoms with Gasteiger partial charge in [-0.1, -0.05) is 6.07 Å². The number of ketones is 1. The van der Waals surface area contributed by atoms with Crippen LogP contribution in [-0.4, -0.2) is 25.0 Å². The van der Waals surface area contributed by atoms with E-state index in [-0.39, 0.29) is 23.9 Å². The second-order valence-corrected chi connectivity index (χ2v) is 5.35. The summed E-state index contributed by atoms with van der Waals surface area (Å²) in [6.45, 7) is 0.460. The Kier molecular flexibility index (Phi) is 7.05. The second kappa shape index (κ2) is 9.47. The smallest absolute Gasteiger partial charge is 0.387 e. The van der Waals surface area contributed by atoms with Gasteiger partial charge in [0.15, 0.2) is 17.3 Å². The van der Waals surface area contributed by atoms with Gasteiger partial charge in [-0.2, -0.15) is 8.78 Å². The van der Waals surface area contributed by atoms with Gasteiger partial charge in [0.2, 0.25) is 0 Å². The third-order valence-electron chi connectivity index (χ3n) is 3.37. The fourth-order valence-corrected chi connectivity index (χ4v) is 2.16. The molecule has 0 atom stereocenters. The van der Waals surface area contributed by atoms with E-state index in [0.717, 1.165) is 0 Å². The van der Waals surface area contributed by atoms with E-state index in [4.69, 9.17) is 9.47 Å². The molecule has 142 valence electrons. The second-order valence-electron chi connectivity index (χ2n) is 5.35. The van der Waals surface area contributed by atoms with Gasteiger partial charge >= 0.3 is 12.6 Å². The highest BCUT2D eigenvalue weighted by atomic mass is 19.3. The number of carbonyl (C=O) groups is 2. The van der Waals surface area contributed by atoms with E-state index in [9.17, 15) is 18.4 Å². The van der Waals surface area contributed by atoms with Crippen LogP contribution in [0.1, 0.15) is 29.8 Å². The van der Waals surface area contributed by atoms with Crippen molar-refractivity contribution in [3.05, 3.63) is 59.7 Å². The van der Waals surface area contributed by atoms with E-state index < -0.39 is 12.6 Å². The molecule has 5 nitrogen and oxygen atoms in total. The minimum Gasteiger partial charge on any atom is -0.490 e. The van der Waals surface area contributed by atoms with Crippen LogP contribution in [0.5, 0.6) is 17.2 Å². The number of carbonyl (C=O) groups excluding carboxylic acids is 2. The van der Waals surface area contributed by atoms with Crippen molar-refractivity contribution in [2.75, 3.05) is 6.61 Å². The number of alkyl halides is 2. The van der Waals surface area contributed by atoms with Gasteiger partial charge < -0.3 is 14.2 Å².